The van der Waals surface area contributed by atoms with Crippen molar-refractivity contribution < 1.29 is 4.79 Å². The molecule has 156 valence electrons. The number of carbonyl (C=O) groups is 1. The second-order valence-electron chi connectivity index (χ2n) is 9.64. The molecule has 6 unspecified atom stereocenters. The van der Waals surface area contributed by atoms with Crippen molar-refractivity contribution >= 4 is 6.29 Å². The smallest absolute Gasteiger partial charge is 0.142 e. The molecule has 0 aromatic heterocycles. The molecule has 27 heavy (non-hydrogen) atoms. The first-order chi connectivity index (χ1) is 12.9. The Morgan fingerprint density at radius 3 is 2.22 bits per heavy atom. The summed E-state index contributed by atoms with van der Waals surface area (Å²) in [6, 6.07) is 0. The van der Waals surface area contributed by atoms with Gasteiger partial charge in [-0.05, 0) is 85.5 Å². The van der Waals surface area contributed by atoms with Gasteiger partial charge in [0.2, 0.25) is 0 Å². The number of hydrogen-bond acceptors (Lipinski definition) is 1. The molecule has 0 bridgehead atoms. The summed E-state index contributed by atoms with van der Waals surface area (Å²) < 4.78 is 0. The summed E-state index contributed by atoms with van der Waals surface area (Å²) in [6.45, 7) is 20.1. The quantitative estimate of drug-likeness (QED) is 0.278. The van der Waals surface area contributed by atoms with E-state index in [4.69, 9.17) is 0 Å². The summed E-state index contributed by atoms with van der Waals surface area (Å²) in [7, 11) is 0. The fraction of sp³-hybridized carbons (Fsp3) is 0.808. The van der Waals surface area contributed by atoms with Crippen molar-refractivity contribution in [1.82, 2.24) is 0 Å². The molecule has 0 N–H and O–H groups in total. The minimum absolute atomic E-state index is 0.283. The van der Waals surface area contributed by atoms with Gasteiger partial charge in [0.25, 0.3) is 0 Å². The number of rotatable bonds is 3. The van der Waals surface area contributed by atoms with Gasteiger partial charge in [-0.15, -0.1) is 13.2 Å². The summed E-state index contributed by atoms with van der Waals surface area (Å²) in [6.07, 6.45) is 14.9. The number of hydrogen-bond donors (Lipinski definition) is 0. The molecule has 0 radical (unpaired) electrons. The topological polar surface area (TPSA) is 17.1 Å². The molecule has 0 aromatic carbocycles. The largest absolute Gasteiger partial charge is 0.299 e. The van der Waals surface area contributed by atoms with Gasteiger partial charge in [-0.3, -0.25) is 4.79 Å². The third kappa shape index (κ3) is 4.60. The third-order valence-electron chi connectivity index (χ3n) is 8.25. The Morgan fingerprint density at radius 2 is 1.67 bits per heavy atom. The average Bonchev–Trinajstić information content (AvgIpc) is 2.95. The highest BCUT2D eigenvalue weighted by Crippen LogP contribution is 2.65. The maximum Gasteiger partial charge on any atom is 0.142 e. The lowest BCUT2D eigenvalue weighted by Gasteiger charge is -2.57. The molecule has 3 saturated carbocycles. The van der Waals surface area contributed by atoms with Crippen molar-refractivity contribution in [2.45, 2.75) is 99.3 Å². The van der Waals surface area contributed by atoms with Crippen LogP contribution >= 0.6 is 0 Å². The van der Waals surface area contributed by atoms with Crippen LogP contribution in [0.3, 0.4) is 0 Å². The molecule has 3 fully saturated rings. The first-order valence-electron chi connectivity index (χ1n) is 11.5. The molecule has 1 heteroatoms. The zero-order chi connectivity index (χ0) is 20.7. The van der Waals surface area contributed by atoms with Crippen LogP contribution in [0.4, 0.5) is 0 Å². The zero-order valence-corrected chi connectivity index (χ0v) is 19.2. The van der Waals surface area contributed by atoms with Gasteiger partial charge in [0.1, 0.15) is 6.29 Å². The lowest BCUT2D eigenvalue weighted by Crippen LogP contribution is -2.49. The highest BCUT2D eigenvalue weighted by atomic mass is 16.1. The standard InChI is InChI=1S/C21H34O.C3H8.C2H4/c1-5-12-21(4)16(11-14-22)7-8-17-18-9-6-15(2)20(18,3)13-10-19(17)21;1-3-2;1-2/h11,14-15,17-19H,5-10,12-13H2,1-4H3;3H2,1-2H3;1-2H2/b16-11-;;. The van der Waals surface area contributed by atoms with Crippen LogP contribution in [0.25, 0.3) is 0 Å². The molecule has 0 amide bonds. The molecule has 0 aliphatic heterocycles. The van der Waals surface area contributed by atoms with Crippen LogP contribution in [0.2, 0.25) is 0 Å². The molecular formula is C26H46O. The Bertz CT molecular complexity index is 492. The van der Waals surface area contributed by atoms with Gasteiger partial charge in [-0.1, -0.05) is 60.0 Å². The van der Waals surface area contributed by atoms with E-state index in [0.29, 0.717) is 5.41 Å². The first-order valence-corrected chi connectivity index (χ1v) is 11.5. The Balaban J connectivity index is 0.000000665. The molecule has 3 aliphatic rings. The summed E-state index contributed by atoms with van der Waals surface area (Å²) in [5, 5.41) is 0. The number of fused-ring (bicyclic) bond motifs is 3. The summed E-state index contributed by atoms with van der Waals surface area (Å²) >= 11 is 0. The molecule has 3 aliphatic carbocycles. The van der Waals surface area contributed by atoms with Crippen LogP contribution in [-0.2, 0) is 4.79 Å². The minimum atomic E-state index is 0.283. The molecular weight excluding hydrogens is 328 g/mol. The third-order valence-corrected chi connectivity index (χ3v) is 8.25. The van der Waals surface area contributed by atoms with Gasteiger partial charge in [-0.2, -0.15) is 0 Å². The number of aldehydes is 1. The van der Waals surface area contributed by atoms with E-state index in [1.807, 2.05) is 6.08 Å². The molecule has 1 nitrogen and oxygen atoms in total. The van der Waals surface area contributed by atoms with E-state index < -0.39 is 0 Å². The normalized spacial score (nSPS) is 41.3. The van der Waals surface area contributed by atoms with Gasteiger partial charge < -0.3 is 0 Å². The van der Waals surface area contributed by atoms with Crippen LogP contribution in [0.15, 0.2) is 24.8 Å². The van der Waals surface area contributed by atoms with Crippen molar-refractivity contribution in [3.63, 3.8) is 0 Å². The van der Waals surface area contributed by atoms with E-state index in [1.165, 1.54) is 56.9 Å². The van der Waals surface area contributed by atoms with E-state index >= 15 is 0 Å². The predicted molar refractivity (Wildman–Crippen MR) is 120 cm³/mol. The van der Waals surface area contributed by atoms with Gasteiger partial charge in [-0.25, -0.2) is 0 Å². The van der Waals surface area contributed by atoms with E-state index in [9.17, 15) is 4.79 Å². The highest BCUT2D eigenvalue weighted by Gasteiger charge is 2.57. The van der Waals surface area contributed by atoms with Crippen molar-refractivity contribution in [3.05, 3.63) is 24.8 Å². The number of allylic oxidation sites excluding steroid dienone is 2. The minimum Gasteiger partial charge on any atom is -0.299 e. The Labute approximate surface area is 170 Å². The van der Waals surface area contributed by atoms with Crippen LogP contribution in [0, 0.1) is 34.5 Å². The molecule has 3 rings (SSSR count). The van der Waals surface area contributed by atoms with Crippen molar-refractivity contribution in [2.24, 2.45) is 34.5 Å². The average molecular weight is 375 g/mol. The summed E-state index contributed by atoms with van der Waals surface area (Å²) in [5.74, 6) is 3.57. The van der Waals surface area contributed by atoms with E-state index in [1.54, 1.807) is 0 Å². The van der Waals surface area contributed by atoms with Gasteiger partial charge >= 0.3 is 0 Å². The maximum absolute atomic E-state index is 11.1. The second-order valence-corrected chi connectivity index (χ2v) is 9.64. The van der Waals surface area contributed by atoms with Crippen molar-refractivity contribution in [1.29, 1.82) is 0 Å². The van der Waals surface area contributed by atoms with Gasteiger partial charge in [0, 0.05) is 0 Å². The van der Waals surface area contributed by atoms with E-state index in [-0.39, 0.29) is 5.41 Å². The van der Waals surface area contributed by atoms with Crippen molar-refractivity contribution in [2.75, 3.05) is 0 Å². The molecule has 0 spiro atoms. The Hall–Kier alpha value is -0.850. The summed E-state index contributed by atoms with van der Waals surface area (Å²) in [5.41, 5.74) is 2.34. The second kappa shape index (κ2) is 10.6. The summed E-state index contributed by atoms with van der Waals surface area (Å²) in [4.78, 5) is 11.1. The SMILES string of the molecule is C=C.CCC.CCCC1(C)/C(=C\C=O)CCC2C1CCC1(C)C(C)CCC21. The zero-order valence-electron chi connectivity index (χ0n) is 19.2. The molecule has 6 atom stereocenters. The fourth-order valence-electron chi connectivity index (χ4n) is 6.81. The Morgan fingerprint density at radius 1 is 1.04 bits per heavy atom. The lowest BCUT2D eigenvalue weighted by molar-refractivity contribution is -0.104. The fourth-order valence-corrected chi connectivity index (χ4v) is 6.81. The van der Waals surface area contributed by atoms with Gasteiger partial charge in [0.05, 0.1) is 0 Å². The predicted octanol–water partition coefficient (Wildman–Crippen LogP) is 8.01. The van der Waals surface area contributed by atoms with Crippen LogP contribution in [-0.4, -0.2) is 6.29 Å². The van der Waals surface area contributed by atoms with Crippen LogP contribution in [0.1, 0.15) is 99.3 Å². The van der Waals surface area contributed by atoms with Crippen molar-refractivity contribution in [3.8, 4) is 0 Å². The van der Waals surface area contributed by atoms with Crippen LogP contribution in [0.5, 0.6) is 0 Å². The molecule has 0 saturated heterocycles. The monoisotopic (exact) mass is 374 g/mol. The highest BCUT2D eigenvalue weighted by molar-refractivity contribution is 5.66. The van der Waals surface area contributed by atoms with E-state index in [2.05, 4.69) is 54.7 Å². The molecule has 0 aromatic rings. The van der Waals surface area contributed by atoms with Gasteiger partial charge in [0.15, 0.2) is 0 Å². The number of carbonyl (C=O) groups excluding carboxylic acids is 1. The van der Waals surface area contributed by atoms with Crippen LogP contribution < -0.4 is 0 Å². The molecule has 0 heterocycles. The maximum atomic E-state index is 11.1. The first kappa shape index (κ1) is 24.2. The lowest BCUT2D eigenvalue weighted by atomic mass is 9.47. The van der Waals surface area contributed by atoms with E-state index in [0.717, 1.165) is 36.4 Å². The Kier molecular flexibility index (Phi) is 9.52.